The number of aromatic nitrogens is 2. The van der Waals surface area contributed by atoms with Crippen LogP contribution in [0.5, 0.6) is 5.75 Å². The molecule has 1 fully saturated rings. The summed E-state index contributed by atoms with van der Waals surface area (Å²) >= 11 is 0. The molecular formula is C22H28N4O3. The minimum atomic E-state index is 0.0673. The predicted molar refractivity (Wildman–Crippen MR) is 110 cm³/mol. The number of amides is 1. The number of anilines is 1. The van der Waals surface area contributed by atoms with Crippen molar-refractivity contribution < 1.29 is 14.3 Å². The molecule has 0 unspecified atom stereocenters. The van der Waals surface area contributed by atoms with Crippen LogP contribution in [0, 0.1) is 0 Å². The Morgan fingerprint density at radius 3 is 2.83 bits per heavy atom. The zero-order valence-corrected chi connectivity index (χ0v) is 16.9. The maximum Gasteiger partial charge on any atom is 0.225 e. The van der Waals surface area contributed by atoms with Gasteiger partial charge in [0.15, 0.2) is 0 Å². The van der Waals surface area contributed by atoms with E-state index >= 15 is 0 Å². The molecule has 0 atom stereocenters. The number of carbonyl (C=O) groups is 1. The number of nitrogens with one attached hydrogen (secondary N) is 1. The average molecular weight is 396 g/mol. The second-order valence-corrected chi connectivity index (χ2v) is 7.53. The van der Waals surface area contributed by atoms with Gasteiger partial charge in [0.2, 0.25) is 11.9 Å². The number of benzene rings is 1. The molecule has 154 valence electrons. The number of nitrogens with zero attached hydrogens (tertiary/aromatic N) is 3. The molecule has 0 aliphatic carbocycles. The Bertz CT molecular complexity index is 832. The molecule has 2 aromatic rings. The molecule has 7 nitrogen and oxygen atoms in total. The minimum absolute atomic E-state index is 0.0673. The summed E-state index contributed by atoms with van der Waals surface area (Å²) in [5.74, 6) is 1.70. The molecule has 1 saturated heterocycles. The maximum absolute atomic E-state index is 12.4. The van der Waals surface area contributed by atoms with Crippen LogP contribution >= 0.6 is 0 Å². The van der Waals surface area contributed by atoms with E-state index in [0.717, 1.165) is 67.5 Å². The van der Waals surface area contributed by atoms with Crippen molar-refractivity contribution in [2.24, 2.45) is 0 Å². The molecule has 7 heteroatoms. The van der Waals surface area contributed by atoms with Crippen molar-refractivity contribution in [3.8, 4) is 5.75 Å². The number of rotatable bonds is 6. The van der Waals surface area contributed by atoms with E-state index in [1.807, 2.05) is 37.4 Å². The zero-order valence-electron chi connectivity index (χ0n) is 16.9. The lowest BCUT2D eigenvalue weighted by Gasteiger charge is -2.33. The Labute approximate surface area is 171 Å². The van der Waals surface area contributed by atoms with Crippen LogP contribution in [0.25, 0.3) is 0 Å². The van der Waals surface area contributed by atoms with E-state index in [1.165, 1.54) is 0 Å². The standard InChI is InChI=1S/C22H28N4O3/c1-2-29-19-5-3-16(4-6-19)13-21(27)24-18-7-10-26(11-8-18)22-23-14-17-15-28-12-9-20(17)25-22/h3-6,14,18H,2,7-13,15H2,1H3,(H,24,27). The van der Waals surface area contributed by atoms with Crippen LogP contribution in [0.2, 0.25) is 0 Å². The van der Waals surface area contributed by atoms with Crippen molar-refractivity contribution >= 4 is 11.9 Å². The van der Waals surface area contributed by atoms with E-state index < -0.39 is 0 Å². The molecule has 1 amide bonds. The van der Waals surface area contributed by atoms with Crippen molar-refractivity contribution in [3.05, 3.63) is 47.3 Å². The summed E-state index contributed by atoms with van der Waals surface area (Å²) < 4.78 is 10.9. The van der Waals surface area contributed by atoms with Crippen LogP contribution in [0.3, 0.4) is 0 Å². The Kier molecular flexibility index (Phi) is 6.24. The van der Waals surface area contributed by atoms with E-state index in [0.29, 0.717) is 19.6 Å². The molecular weight excluding hydrogens is 368 g/mol. The van der Waals surface area contributed by atoms with Gasteiger partial charge in [0.25, 0.3) is 0 Å². The van der Waals surface area contributed by atoms with Crippen molar-refractivity contribution in [3.63, 3.8) is 0 Å². The van der Waals surface area contributed by atoms with E-state index in [2.05, 4.69) is 15.2 Å². The molecule has 0 radical (unpaired) electrons. The first-order valence-electron chi connectivity index (χ1n) is 10.4. The van der Waals surface area contributed by atoms with Crippen molar-refractivity contribution in [1.29, 1.82) is 0 Å². The van der Waals surface area contributed by atoms with Crippen molar-refractivity contribution in [2.45, 2.75) is 45.3 Å². The summed E-state index contributed by atoms with van der Waals surface area (Å²) in [6.07, 6.45) is 4.93. The average Bonchev–Trinajstić information content (AvgIpc) is 2.75. The summed E-state index contributed by atoms with van der Waals surface area (Å²) in [5.41, 5.74) is 3.19. The molecule has 2 aliphatic rings. The van der Waals surface area contributed by atoms with E-state index in [9.17, 15) is 4.79 Å². The second-order valence-electron chi connectivity index (χ2n) is 7.53. The van der Waals surface area contributed by atoms with E-state index in [4.69, 9.17) is 14.5 Å². The first-order chi connectivity index (χ1) is 14.2. The van der Waals surface area contributed by atoms with Crippen LogP contribution in [0.4, 0.5) is 5.95 Å². The van der Waals surface area contributed by atoms with Gasteiger partial charge in [-0.15, -0.1) is 0 Å². The van der Waals surface area contributed by atoms with Crippen molar-refractivity contribution in [1.82, 2.24) is 15.3 Å². The highest BCUT2D eigenvalue weighted by Crippen LogP contribution is 2.20. The van der Waals surface area contributed by atoms with Gasteiger partial charge in [-0.3, -0.25) is 4.79 Å². The topological polar surface area (TPSA) is 76.6 Å². The Morgan fingerprint density at radius 1 is 1.28 bits per heavy atom. The van der Waals surface area contributed by atoms with Gasteiger partial charge in [0.05, 0.1) is 31.9 Å². The lowest BCUT2D eigenvalue weighted by Crippen LogP contribution is -2.45. The Hall–Kier alpha value is -2.67. The third-order valence-electron chi connectivity index (χ3n) is 5.42. The van der Waals surface area contributed by atoms with E-state index in [1.54, 1.807) is 0 Å². The molecule has 1 aromatic heterocycles. The fourth-order valence-corrected chi connectivity index (χ4v) is 3.83. The molecule has 4 rings (SSSR count). The first kappa shape index (κ1) is 19.6. The number of carbonyl (C=O) groups excluding carboxylic acids is 1. The fourth-order valence-electron chi connectivity index (χ4n) is 3.83. The quantitative estimate of drug-likeness (QED) is 0.807. The summed E-state index contributed by atoms with van der Waals surface area (Å²) in [4.78, 5) is 23.9. The van der Waals surface area contributed by atoms with Crippen LogP contribution in [-0.4, -0.2) is 48.2 Å². The third kappa shape index (κ3) is 5.03. The number of piperidine rings is 1. The smallest absolute Gasteiger partial charge is 0.225 e. The van der Waals surface area contributed by atoms with Crippen LogP contribution in [-0.2, 0) is 29.0 Å². The molecule has 2 aliphatic heterocycles. The molecule has 0 bridgehead atoms. The highest BCUT2D eigenvalue weighted by molar-refractivity contribution is 5.78. The highest BCUT2D eigenvalue weighted by Gasteiger charge is 2.23. The molecule has 0 spiro atoms. The largest absolute Gasteiger partial charge is 0.494 e. The molecule has 29 heavy (non-hydrogen) atoms. The van der Waals surface area contributed by atoms with Gasteiger partial charge in [-0.05, 0) is 37.5 Å². The van der Waals surface area contributed by atoms with Gasteiger partial charge < -0.3 is 19.7 Å². The summed E-state index contributed by atoms with van der Waals surface area (Å²) in [6, 6.07) is 7.93. The third-order valence-corrected chi connectivity index (χ3v) is 5.42. The van der Waals surface area contributed by atoms with Gasteiger partial charge in [0, 0.05) is 37.3 Å². The number of fused-ring (bicyclic) bond motifs is 1. The molecule has 3 heterocycles. The van der Waals surface area contributed by atoms with E-state index in [-0.39, 0.29) is 11.9 Å². The SMILES string of the molecule is CCOc1ccc(CC(=O)NC2CCN(c3ncc4c(n3)CCOC4)CC2)cc1. The number of hydrogen-bond acceptors (Lipinski definition) is 6. The monoisotopic (exact) mass is 396 g/mol. The van der Waals surface area contributed by atoms with Crippen molar-refractivity contribution in [2.75, 3.05) is 31.2 Å². The Balaban J connectivity index is 1.25. The molecule has 1 aromatic carbocycles. The molecule has 1 N–H and O–H groups in total. The second kappa shape index (κ2) is 9.22. The fraction of sp³-hybridized carbons (Fsp3) is 0.500. The van der Waals surface area contributed by atoms with Crippen LogP contribution in [0.15, 0.2) is 30.5 Å². The van der Waals surface area contributed by atoms with Crippen LogP contribution in [0.1, 0.15) is 36.6 Å². The normalized spacial score (nSPS) is 16.9. The van der Waals surface area contributed by atoms with Gasteiger partial charge in [-0.1, -0.05) is 12.1 Å². The first-order valence-corrected chi connectivity index (χ1v) is 10.4. The van der Waals surface area contributed by atoms with Gasteiger partial charge in [-0.25, -0.2) is 9.97 Å². The summed E-state index contributed by atoms with van der Waals surface area (Å²) in [7, 11) is 0. The maximum atomic E-state index is 12.4. The predicted octanol–water partition coefficient (Wildman–Crippen LogP) is 2.28. The van der Waals surface area contributed by atoms with Crippen LogP contribution < -0.4 is 15.0 Å². The zero-order chi connectivity index (χ0) is 20.1. The minimum Gasteiger partial charge on any atom is -0.494 e. The van der Waals surface area contributed by atoms with Gasteiger partial charge in [0.1, 0.15) is 5.75 Å². The Morgan fingerprint density at radius 2 is 2.07 bits per heavy atom. The lowest BCUT2D eigenvalue weighted by atomic mass is 10.0. The number of hydrogen-bond donors (Lipinski definition) is 1. The summed E-state index contributed by atoms with van der Waals surface area (Å²) in [5, 5.41) is 3.17. The van der Waals surface area contributed by atoms with Gasteiger partial charge >= 0.3 is 0 Å². The molecule has 0 saturated carbocycles. The number of ether oxygens (including phenoxy) is 2. The summed E-state index contributed by atoms with van der Waals surface area (Å²) in [6.45, 7) is 5.64. The lowest BCUT2D eigenvalue weighted by molar-refractivity contribution is -0.121. The highest BCUT2D eigenvalue weighted by atomic mass is 16.5. The van der Waals surface area contributed by atoms with Gasteiger partial charge in [-0.2, -0.15) is 0 Å².